The van der Waals surface area contributed by atoms with Crippen molar-refractivity contribution < 1.29 is 13.6 Å². The standard InChI is InChI=1S/C19H21F2N3O/c1-24(19(25)9-13-7-15(20)10-16(21)8-13)12-17-11-18(23-22-17)14-5-3-2-4-6-14/h2-8,10,17-18,22-23H,9,11-12H2,1H3. The van der Waals surface area contributed by atoms with Crippen LogP contribution in [0.15, 0.2) is 48.5 Å². The monoisotopic (exact) mass is 345 g/mol. The highest BCUT2D eigenvalue weighted by atomic mass is 19.1. The highest BCUT2D eigenvalue weighted by Crippen LogP contribution is 2.22. The first-order valence-electron chi connectivity index (χ1n) is 8.26. The van der Waals surface area contributed by atoms with Crippen LogP contribution < -0.4 is 10.9 Å². The van der Waals surface area contributed by atoms with Gasteiger partial charge in [-0.05, 0) is 29.7 Å². The lowest BCUT2D eigenvalue weighted by molar-refractivity contribution is -0.129. The number of nitrogens with one attached hydrogen (secondary N) is 2. The van der Waals surface area contributed by atoms with Crippen molar-refractivity contribution in [3.05, 3.63) is 71.3 Å². The van der Waals surface area contributed by atoms with Crippen molar-refractivity contribution in [2.24, 2.45) is 0 Å². The largest absolute Gasteiger partial charge is 0.344 e. The molecule has 1 aliphatic rings. The second kappa shape index (κ2) is 7.72. The van der Waals surface area contributed by atoms with Crippen molar-refractivity contribution in [3.8, 4) is 0 Å². The topological polar surface area (TPSA) is 44.4 Å². The number of nitrogens with zero attached hydrogens (tertiary/aromatic N) is 1. The van der Waals surface area contributed by atoms with Crippen molar-refractivity contribution in [3.63, 3.8) is 0 Å². The van der Waals surface area contributed by atoms with E-state index >= 15 is 0 Å². The quantitative estimate of drug-likeness (QED) is 0.875. The number of hydrogen-bond acceptors (Lipinski definition) is 3. The number of hydrogen-bond donors (Lipinski definition) is 2. The van der Waals surface area contributed by atoms with Crippen LogP contribution >= 0.6 is 0 Å². The van der Waals surface area contributed by atoms with Crippen LogP contribution in [0.4, 0.5) is 8.78 Å². The van der Waals surface area contributed by atoms with Gasteiger partial charge in [0.15, 0.2) is 0 Å². The van der Waals surface area contributed by atoms with Gasteiger partial charge >= 0.3 is 0 Å². The number of amides is 1. The molecule has 0 spiro atoms. The smallest absolute Gasteiger partial charge is 0.226 e. The fourth-order valence-corrected chi connectivity index (χ4v) is 3.10. The molecule has 1 heterocycles. The lowest BCUT2D eigenvalue weighted by Crippen LogP contribution is -2.41. The molecule has 132 valence electrons. The molecule has 0 aliphatic carbocycles. The van der Waals surface area contributed by atoms with E-state index in [1.165, 1.54) is 17.7 Å². The molecule has 0 aromatic heterocycles. The molecule has 1 aliphatic heterocycles. The summed E-state index contributed by atoms with van der Waals surface area (Å²) in [7, 11) is 1.70. The maximum absolute atomic E-state index is 13.2. The van der Waals surface area contributed by atoms with Gasteiger partial charge in [0, 0.05) is 31.7 Å². The normalized spacial score (nSPS) is 19.8. The first-order valence-corrected chi connectivity index (χ1v) is 8.26. The Kier molecular flexibility index (Phi) is 5.40. The van der Waals surface area contributed by atoms with Crippen LogP contribution in [0.1, 0.15) is 23.6 Å². The number of benzene rings is 2. The number of rotatable bonds is 5. The van der Waals surface area contributed by atoms with Crippen molar-refractivity contribution >= 4 is 5.91 Å². The third-order valence-corrected chi connectivity index (χ3v) is 4.38. The van der Waals surface area contributed by atoms with Crippen LogP contribution in [0, 0.1) is 11.6 Å². The number of carbonyl (C=O) groups is 1. The van der Waals surface area contributed by atoms with E-state index in [-0.39, 0.29) is 24.4 Å². The second-order valence-corrected chi connectivity index (χ2v) is 6.41. The molecular formula is C19H21F2N3O. The molecule has 2 atom stereocenters. The Hall–Kier alpha value is -2.31. The zero-order valence-electron chi connectivity index (χ0n) is 14.0. The summed E-state index contributed by atoms with van der Waals surface area (Å²) in [6, 6.07) is 13.6. The summed E-state index contributed by atoms with van der Waals surface area (Å²) in [5.74, 6) is -1.51. The van der Waals surface area contributed by atoms with Crippen LogP contribution in [-0.2, 0) is 11.2 Å². The van der Waals surface area contributed by atoms with E-state index in [0.717, 1.165) is 12.5 Å². The molecule has 1 saturated heterocycles. The van der Waals surface area contributed by atoms with Crippen molar-refractivity contribution in [2.45, 2.75) is 24.9 Å². The molecule has 0 radical (unpaired) electrons. The Labute approximate surface area is 145 Å². The van der Waals surface area contributed by atoms with Crippen LogP contribution in [-0.4, -0.2) is 30.4 Å². The first kappa shape index (κ1) is 17.5. The third-order valence-electron chi connectivity index (χ3n) is 4.38. The fraction of sp³-hybridized carbons (Fsp3) is 0.316. The Bertz CT molecular complexity index is 718. The van der Waals surface area contributed by atoms with Gasteiger partial charge in [-0.1, -0.05) is 30.3 Å². The molecule has 2 N–H and O–H groups in total. The van der Waals surface area contributed by atoms with Gasteiger partial charge in [-0.2, -0.15) is 0 Å². The lowest BCUT2D eigenvalue weighted by atomic mass is 10.0. The summed E-state index contributed by atoms with van der Waals surface area (Å²) in [6.45, 7) is 0.521. The maximum Gasteiger partial charge on any atom is 0.226 e. The summed E-state index contributed by atoms with van der Waals surface area (Å²) in [5, 5.41) is 0. The van der Waals surface area contributed by atoms with E-state index in [9.17, 15) is 13.6 Å². The van der Waals surface area contributed by atoms with Crippen LogP contribution in [0.25, 0.3) is 0 Å². The van der Waals surface area contributed by atoms with E-state index < -0.39 is 11.6 Å². The molecule has 0 bridgehead atoms. The van der Waals surface area contributed by atoms with E-state index in [1.807, 2.05) is 18.2 Å². The molecule has 0 saturated carbocycles. The average molecular weight is 345 g/mol. The molecule has 3 rings (SSSR count). The number of halogens is 2. The number of hydrazine groups is 1. The van der Waals surface area contributed by atoms with Gasteiger partial charge in [0.05, 0.1) is 6.42 Å². The van der Waals surface area contributed by atoms with Crippen LogP contribution in [0.3, 0.4) is 0 Å². The van der Waals surface area contributed by atoms with Crippen LogP contribution in [0.5, 0.6) is 0 Å². The van der Waals surface area contributed by atoms with E-state index in [1.54, 1.807) is 11.9 Å². The molecular weight excluding hydrogens is 324 g/mol. The Balaban J connectivity index is 1.53. The van der Waals surface area contributed by atoms with Crippen molar-refractivity contribution in [2.75, 3.05) is 13.6 Å². The lowest BCUT2D eigenvalue weighted by Gasteiger charge is -2.21. The molecule has 2 unspecified atom stereocenters. The van der Waals surface area contributed by atoms with E-state index in [0.29, 0.717) is 12.1 Å². The minimum Gasteiger partial charge on any atom is -0.344 e. The molecule has 6 heteroatoms. The first-order chi connectivity index (χ1) is 12.0. The van der Waals surface area contributed by atoms with Gasteiger partial charge in [0.1, 0.15) is 11.6 Å². The Morgan fingerprint density at radius 3 is 2.48 bits per heavy atom. The van der Waals surface area contributed by atoms with E-state index in [4.69, 9.17) is 0 Å². The average Bonchev–Trinajstić information content (AvgIpc) is 3.03. The fourth-order valence-electron chi connectivity index (χ4n) is 3.10. The van der Waals surface area contributed by atoms with Crippen molar-refractivity contribution in [1.82, 2.24) is 15.8 Å². The number of likely N-dealkylation sites (N-methyl/N-ethyl adjacent to an activating group) is 1. The molecule has 2 aromatic rings. The molecule has 2 aromatic carbocycles. The maximum atomic E-state index is 13.2. The zero-order valence-corrected chi connectivity index (χ0v) is 14.0. The summed E-state index contributed by atoms with van der Waals surface area (Å²) >= 11 is 0. The minimum atomic E-state index is -0.669. The molecule has 4 nitrogen and oxygen atoms in total. The Morgan fingerprint density at radius 2 is 1.80 bits per heavy atom. The second-order valence-electron chi connectivity index (χ2n) is 6.41. The van der Waals surface area contributed by atoms with Gasteiger partial charge in [-0.3, -0.25) is 10.2 Å². The highest BCUT2D eigenvalue weighted by molar-refractivity contribution is 5.78. The van der Waals surface area contributed by atoms with Crippen LogP contribution in [0.2, 0.25) is 0 Å². The van der Waals surface area contributed by atoms with Gasteiger partial charge in [0.2, 0.25) is 5.91 Å². The summed E-state index contributed by atoms with van der Waals surface area (Å²) < 4.78 is 26.5. The van der Waals surface area contributed by atoms with Gasteiger partial charge in [0.25, 0.3) is 0 Å². The summed E-state index contributed by atoms with van der Waals surface area (Å²) in [6.07, 6.45) is 0.837. The summed E-state index contributed by atoms with van der Waals surface area (Å²) in [5.41, 5.74) is 7.99. The highest BCUT2D eigenvalue weighted by Gasteiger charge is 2.26. The molecule has 1 fully saturated rings. The van der Waals surface area contributed by atoms with Gasteiger partial charge in [-0.15, -0.1) is 0 Å². The third kappa shape index (κ3) is 4.61. The Morgan fingerprint density at radius 1 is 1.12 bits per heavy atom. The number of carbonyl (C=O) groups excluding carboxylic acids is 1. The minimum absolute atomic E-state index is 0.0204. The van der Waals surface area contributed by atoms with Gasteiger partial charge < -0.3 is 4.90 Å². The summed E-state index contributed by atoms with van der Waals surface area (Å²) in [4.78, 5) is 13.9. The SMILES string of the molecule is CN(CC1CC(c2ccccc2)NN1)C(=O)Cc1cc(F)cc(F)c1. The molecule has 1 amide bonds. The predicted octanol–water partition coefficient (Wildman–Crippen LogP) is 2.57. The van der Waals surface area contributed by atoms with E-state index in [2.05, 4.69) is 23.0 Å². The molecule has 25 heavy (non-hydrogen) atoms. The van der Waals surface area contributed by atoms with Crippen molar-refractivity contribution in [1.29, 1.82) is 0 Å². The van der Waals surface area contributed by atoms with Gasteiger partial charge in [-0.25, -0.2) is 14.2 Å². The zero-order chi connectivity index (χ0) is 17.8. The predicted molar refractivity (Wildman–Crippen MR) is 91.6 cm³/mol.